The Kier molecular flexibility index (Phi) is 6.75. The predicted octanol–water partition coefficient (Wildman–Crippen LogP) is 12.2. The van der Waals surface area contributed by atoms with Crippen LogP contribution in [-0.2, 0) is 0 Å². The second kappa shape index (κ2) is 11.4. The zero-order valence-electron chi connectivity index (χ0n) is 25.3. The standard InChI is InChI=1S/C43H27IN2O/c44-31-23-24-39-42(27-31)47-43(45-39)29-20-18-28(19-21-29)33-12-4-6-14-35(33)36-15-7-5-13-34(36)30-22-25-41-38(26-30)37-16-8-9-17-40(37)46(41)32-10-2-1-3-11-32/h1-27H. The highest BCUT2D eigenvalue weighted by atomic mass is 127. The molecule has 2 aromatic heterocycles. The highest BCUT2D eigenvalue weighted by molar-refractivity contribution is 14.1. The largest absolute Gasteiger partial charge is 0.436 e. The molecule has 9 rings (SSSR count). The van der Waals surface area contributed by atoms with E-state index in [9.17, 15) is 0 Å². The van der Waals surface area contributed by atoms with E-state index < -0.39 is 0 Å². The minimum Gasteiger partial charge on any atom is -0.436 e. The maximum Gasteiger partial charge on any atom is 0.227 e. The number of para-hydroxylation sites is 2. The summed E-state index contributed by atoms with van der Waals surface area (Å²) < 4.78 is 9.60. The van der Waals surface area contributed by atoms with E-state index in [0.717, 1.165) is 31.5 Å². The average Bonchev–Trinajstić information content (AvgIpc) is 3.71. The molecule has 0 unspecified atom stereocenters. The Labute approximate surface area is 285 Å². The van der Waals surface area contributed by atoms with Crippen LogP contribution in [0.25, 0.3) is 83.4 Å². The number of fused-ring (bicyclic) bond motifs is 4. The Hall–Kier alpha value is -5.46. The molecule has 9 aromatic rings. The van der Waals surface area contributed by atoms with Crippen LogP contribution in [0.4, 0.5) is 0 Å². The molecule has 0 aliphatic rings. The van der Waals surface area contributed by atoms with Crippen molar-refractivity contribution in [3.8, 4) is 50.5 Å². The smallest absolute Gasteiger partial charge is 0.227 e. The number of nitrogens with zero attached hydrogens (tertiary/aromatic N) is 2. The van der Waals surface area contributed by atoms with Crippen molar-refractivity contribution in [1.82, 2.24) is 9.55 Å². The fraction of sp³-hybridized carbons (Fsp3) is 0. The van der Waals surface area contributed by atoms with Crippen molar-refractivity contribution in [3.05, 3.63) is 167 Å². The SMILES string of the molecule is Ic1ccc2nc(-c3ccc(-c4ccccc4-c4ccccc4-c4ccc5c(c4)c4ccccc4n5-c4ccccc4)cc3)oc2c1. The molecule has 222 valence electrons. The number of oxazole rings is 1. The molecule has 0 amide bonds. The molecule has 0 atom stereocenters. The molecule has 2 heterocycles. The van der Waals surface area contributed by atoms with Crippen LogP contribution in [-0.4, -0.2) is 9.55 Å². The van der Waals surface area contributed by atoms with Gasteiger partial charge in [0.2, 0.25) is 5.89 Å². The summed E-state index contributed by atoms with van der Waals surface area (Å²) in [6, 6.07) is 58.2. The van der Waals surface area contributed by atoms with E-state index >= 15 is 0 Å². The van der Waals surface area contributed by atoms with Gasteiger partial charge in [-0.25, -0.2) is 4.98 Å². The molecular formula is C43H27IN2O. The predicted molar refractivity (Wildman–Crippen MR) is 203 cm³/mol. The van der Waals surface area contributed by atoms with E-state index in [1.165, 1.54) is 49.6 Å². The first-order valence-electron chi connectivity index (χ1n) is 15.7. The molecule has 4 heteroatoms. The van der Waals surface area contributed by atoms with Gasteiger partial charge in [-0.15, -0.1) is 0 Å². The van der Waals surface area contributed by atoms with Crippen molar-refractivity contribution in [2.24, 2.45) is 0 Å². The van der Waals surface area contributed by atoms with E-state index in [1.807, 2.05) is 18.2 Å². The van der Waals surface area contributed by atoms with E-state index in [-0.39, 0.29) is 0 Å². The summed E-state index contributed by atoms with van der Waals surface area (Å²) in [7, 11) is 0. The van der Waals surface area contributed by atoms with Crippen LogP contribution in [0.1, 0.15) is 0 Å². The Morgan fingerprint density at radius 3 is 1.83 bits per heavy atom. The van der Waals surface area contributed by atoms with Gasteiger partial charge < -0.3 is 8.98 Å². The Morgan fingerprint density at radius 1 is 0.468 bits per heavy atom. The van der Waals surface area contributed by atoms with Gasteiger partial charge in [-0.3, -0.25) is 0 Å². The number of hydrogen-bond acceptors (Lipinski definition) is 2. The molecule has 0 bridgehead atoms. The Balaban J connectivity index is 1.14. The van der Waals surface area contributed by atoms with Crippen LogP contribution in [0.15, 0.2) is 168 Å². The van der Waals surface area contributed by atoms with Crippen LogP contribution in [0.3, 0.4) is 0 Å². The van der Waals surface area contributed by atoms with E-state index in [4.69, 9.17) is 9.40 Å². The third kappa shape index (κ3) is 4.84. The first-order valence-corrected chi connectivity index (χ1v) is 16.7. The molecule has 0 aliphatic carbocycles. The number of hydrogen-bond donors (Lipinski definition) is 0. The summed E-state index contributed by atoms with van der Waals surface area (Å²) in [5.74, 6) is 0.635. The molecule has 47 heavy (non-hydrogen) atoms. The number of benzene rings is 7. The van der Waals surface area contributed by atoms with Crippen LogP contribution in [0.5, 0.6) is 0 Å². The molecule has 0 saturated heterocycles. The van der Waals surface area contributed by atoms with E-state index in [1.54, 1.807) is 0 Å². The quantitative estimate of drug-likeness (QED) is 0.166. The molecule has 0 fully saturated rings. The van der Waals surface area contributed by atoms with Crippen LogP contribution >= 0.6 is 22.6 Å². The number of rotatable bonds is 5. The lowest BCUT2D eigenvalue weighted by molar-refractivity contribution is 0.619. The van der Waals surface area contributed by atoms with Crippen molar-refractivity contribution in [2.45, 2.75) is 0 Å². The highest BCUT2D eigenvalue weighted by Gasteiger charge is 2.17. The molecule has 7 aromatic carbocycles. The summed E-state index contributed by atoms with van der Waals surface area (Å²) in [5, 5.41) is 2.49. The van der Waals surface area contributed by atoms with Gasteiger partial charge >= 0.3 is 0 Å². The van der Waals surface area contributed by atoms with Crippen molar-refractivity contribution >= 4 is 55.5 Å². The third-order valence-electron chi connectivity index (χ3n) is 8.94. The highest BCUT2D eigenvalue weighted by Crippen LogP contribution is 2.41. The average molecular weight is 715 g/mol. The maximum absolute atomic E-state index is 6.10. The summed E-state index contributed by atoms with van der Waals surface area (Å²) in [5.41, 5.74) is 13.3. The van der Waals surface area contributed by atoms with Gasteiger partial charge in [-0.05, 0) is 117 Å². The summed E-state index contributed by atoms with van der Waals surface area (Å²) in [4.78, 5) is 4.72. The normalized spacial score (nSPS) is 11.5. The minimum atomic E-state index is 0.635. The minimum absolute atomic E-state index is 0.635. The monoisotopic (exact) mass is 714 g/mol. The molecule has 0 spiro atoms. The van der Waals surface area contributed by atoms with Gasteiger partial charge in [0.15, 0.2) is 5.58 Å². The first-order chi connectivity index (χ1) is 23.2. The topological polar surface area (TPSA) is 31.0 Å². The van der Waals surface area contributed by atoms with Crippen molar-refractivity contribution in [2.75, 3.05) is 0 Å². The van der Waals surface area contributed by atoms with Crippen LogP contribution in [0.2, 0.25) is 0 Å². The van der Waals surface area contributed by atoms with Gasteiger partial charge in [0.25, 0.3) is 0 Å². The first kappa shape index (κ1) is 27.8. The lowest BCUT2D eigenvalue weighted by Crippen LogP contribution is -1.93. The van der Waals surface area contributed by atoms with Gasteiger partial charge in [0, 0.05) is 25.6 Å². The zero-order valence-corrected chi connectivity index (χ0v) is 27.4. The van der Waals surface area contributed by atoms with Gasteiger partial charge in [0.1, 0.15) is 5.52 Å². The summed E-state index contributed by atoms with van der Waals surface area (Å²) in [6.07, 6.45) is 0. The zero-order chi connectivity index (χ0) is 31.3. The van der Waals surface area contributed by atoms with Crippen molar-refractivity contribution in [1.29, 1.82) is 0 Å². The van der Waals surface area contributed by atoms with Gasteiger partial charge in [-0.1, -0.05) is 103 Å². The van der Waals surface area contributed by atoms with E-state index in [2.05, 4.69) is 173 Å². The number of halogens is 1. The fourth-order valence-corrected chi connectivity index (χ4v) is 7.21. The molecule has 0 aliphatic heterocycles. The summed E-state index contributed by atoms with van der Waals surface area (Å²) >= 11 is 2.30. The van der Waals surface area contributed by atoms with Crippen LogP contribution in [0, 0.1) is 3.57 Å². The number of aromatic nitrogens is 2. The van der Waals surface area contributed by atoms with E-state index in [0.29, 0.717) is 5.89 Å². The van der Waals surface area contributed by atoms with Crippen molar-refractivity contribution in [3.63, 3.8) is 0 Å². The van der Waals surface area contributed by atoms with Gasteiger partial charge in [0.05, 0.1) is 11.0 Å². The second-order valence-corrected chi connectivity index (χ2v) is 13.0. The molecule has 0 saturated carbocycles. The fourth-order valence-electron chi connectivity index (χ4n) is 6.75. The van der Waals surface area contributed by atoms with Crippen LogP contribution < -0.4 is 0 Å². The second-order valence-electron chi connectivity index (χ2n) is 11.7. The van der Waals surface area contributed by atoms with Gasteiger partial charge in [-0.2, -0.15) is 0 Å². The Bertz CT molecular complexity index is 2580. The molecular weight excluding hydrogens is 687 g/mol. The Morgan fingerprint density at radius 2 is 1.06 bits per heavy atom. The summed E-state index contributed by atoms with van der Waals surface area (Å²) in [6.45, 7) is 0. The molecule has 0 N–H and O–H groups in total. The maximum atomic E-state index is 6.10. The third-order valence-corrected chi connectivity index (χ3v) is 9.61. The lowest BCUT2D eigenvalue weighted by atomic mass is 9.89. The van der Waals surface area contributed by atoms with Crippen molar-refractivity contribution < 1.29 is 4.42 Å². The lowest BCUT2D eigenvalue weighted by Gasteiger charge is -2.15. The molecule has 0 radical (unpaired) electrons. The molecule has 3 nitrogen and oxygen atoms in total.